The second-order valence-electron chi connectivity index (χ2n) is 4.31. The van der Waals surface area contributed by atoms with Crippen molar-refractivity contribution < 1.29 is 4.74 Å². The molecule has 1 aromatic carbocycles. The number of pyridine rings is 1. The summed E-state index contributed by atoms with van der Waals surface area (Å²) in [4.78, 5) is 4.29. The van der Waals surface area contributed by atoms with E-state index in [1.165, 1.54) is 11.1 Å². The van der Waals surface area contributed by atoms with Gasteiger partial charge in [-0.2, -0.15) is 0 Å². The van der Waals surface area contributed by atoms with Gasteiger partial charge in [-0.1, -0.05) is 23.8 Å². The van der Waals surface area contributed by atoms with Gasteiger partial charge in [0.15, 0.2) is 0 Å². The number of aryl methyl sites for hydroxylation is 2. The fraction of sp³-hybridized carbons (Fsp3) is 0.267. The SMILES string of the molecule is Cc1ccc(Oc2ccc(CCCN)cn2)cc1. The smallest absolute Gasteiger partial charge is 0.219 e. The van der Waals surface area contributed by atoms with Crippen LogP contribution >= 0.6 is 0 Å². The minimum absolute atomic E-state index is 0.621. The molecule has 3 heteroatoms. The van der Waals surface area contributed by atoms with Gasteiger partial charge in [0, 0.05) is 12.3 Å². The van der Waals surface area contributed by atoms with Crippen molar-refractivity contribution in [3.05, 3.63) is 53.7 Å². The Morgan fingerprint density at radius 1 is 1.11 bits per heavy atom. The molecule has 0 bridgehead atoms. The molecule has 3 nitrogen and oxygen atoms in total. The van der Waals surface area contributed by atoms with Gasteiger partial charge in [-0.15, -0.1) is 0 Å². The van der Waals surface area contributed by atoms with E-state index in [0.717, 1.165) is 18.6 Å². The number of aromatic nitrogens is 1. The van der Waals surface area contributed by atoms with Gasteiger partial charge in [0.25, 0.3) is 0 Å². The van der Waals surface area contributed by atoms with E-state index in [1.54, 1.807) is 0 Å². The molecule has 0 aliphatic heterocycles. The molecule has 18 heavy (non-hydrogen) atoms. The average Bonchev–Trinajstić information content (AvgIpc) is 2.41. The lowest BCUT2D eigenvalue weighted by Gasteiger charge is -2.05. The molecule has 0 radical (unpaired) electrons. The Morgan fingerprint density at radius 3 is 2.50 bits per heavy atom. The summed E-state index contributed by atoms with van der Waals surface area (Å²) in [5, 5.41) is 0. The fourth-order valence-electron chi connectivity index (χ4n) is 1.65. The Labute approximate surface area is 108 Å². The molecule has 2 aromatic rings. The van der Waals surface area contributed by atoms with Crippen molar-refractivity contribution in [2.24, 2.45) is 5.73 Å². The number of rotatable bonds is 5. The van der Waals surface area contributed by atoms with E-state index in [-0.39, 0.29) is 0 Å². The van der Waals surface area contributed by atoms with E-state index < -0.39 is 0 Å². The van der Waals surface area contributed by atoms with E-state index in [2.05, 4.69) is 4.98 Å². The highest BCUT2D eigenvalue weighted by Crippen LogP contribution is 2.19. The van der Waals surface area contributed by atoms with Crippen molar-refractivity contribution in [3.8, 4) is 11.6 Å². The van der Waals surface area contributed by atoms with Crippen LogP contribution in [0.3, 0.4) is 0 Å². The van der Waals surface area contributed by atoms with Gasteiger partial charge in [0.2, 0.25) is 5.88 Å². The molecule has 2 rings (SSSR count). The Bertz CT molecular complexity index is 477. The van der Waals surface area contributed by atoms with Gasteiger partial charge in [-0.05, 0) is 44.0 Å². The normalized spacial score (nSPS) is 10.3. The summed E-state index contributed by atoms with van der Waals surface area (Å²) >= 11 is 0. The van der Waals surface area contributed by atoms with Crippen LogP contribution in [-0.4, -0.2) is 11.5 Å². The molecule has 0 aliphatic rings. The van der Waals surface area contributed by atoms with Crippen molar-refractivity contribution >= 4 is 0 Å². The molecule has 0 aliphatic carbocycles. The minimum Gasteiger partial charge on any atom is -0.439 e. The second kappa shape index (κ2) is 6.17. The van der Waals surface area contributed by atoms with E-state index in [9.17, 15) is 0 Å². The summed E-state index contributed by atoms with van der Waals surface area (Å²) in [6.45, 7) is 2.76. The third kappa shape index (κ3) is 3.57. The van der Waals surface area contributed by atoms with Gasteiger partial charge in [0.05, 0.1) is 0 Å². The van der Waals surface area contributed by atoms with E-state index in [1.807, 2.05) is 49.5 Å². The van der Waals surface area contributed by atoms with Crippen molar-refractivity contribution in [2.75, 3.05) is 6.54 Å². The van der Waals surface area contributed by atoms with Crippen molar-refractivity contribution in [1.29, 1.82) is 0 Å². The first-order chi connectivity index (χ1) is 8.78. The standard InChI is InChI=1S/C15H18N2O/c1-12-4-7-14(8-5-12)18-15-9-6-13(11-17-15)3-2-10-16/h4-9,11H,2-3,10,16H2,1H3. The highest BCUT2D eigenvalue weighted by Gasteiger charge is 1.99. The maximum atomic E-state index is 5.66. The molecule has 1 aromatic heterocycles. The predicted molar refractivity (Wildman–Crippen MR) is 72.9 cm³/mol. The average molecular weight is 242 g/mol. The molecule has 0 saturated carbocycles. The van der Waals surface area contributed by atoms with Crippen LogP contribution in [0.4, 0.5) is 0 Å². The lowest BCUT2D eigenvalue weighted by molar-refractivity contribution is 0.462. The number of ether oxygens (including phenoxy) is 1. The van der Waals surface area contributed by atoms with Crippen LogP contribution in [0.15, 0.2) is 42.6 Å². The summed E-state index contributed by atoms with van der Waals surface area (Å²) in [7, 11) is 0. The molecule has 0 spiro atoms. The lowest BCUT2D eigenvalue weighted by atomic mass is 10.1. The topological polar surface area (TPSA) is 48.1 Å². The van der Waals surface area contributed by atoms with Crippen LogP contribution in [0.1, 0.15) is 17.5 Å². The van der Waals surface area contributed by atoms with Crippen LogP contribution in [0.2, 0.25) is 0 Å². The second-order valence-corrected chi connectivity index (χ2v) is 4.31. The molecular formula is C15H18N2O. The Morgan fingerprint density at radius 2 is 1.89 bits per heavy atom. The molecule has 0 amide bonds. The van der Waals surface area contributed by atoms with E-state index >= 15 is 0 Å². The lowest BCUT2D eigenvalue weighted by Crippen LogP contribution is -2.00. The van der Waals surface area contributed by atoms with E-state index in [4.69, 9.17) is 10.5 Å². The highest BCUT2D eigenvalue weighted by atomic mass is 16.5. The van der Waals surface area contributed by atoms with Crippen molar-refractivity contribution in [3.63, 3.8) is 0 Å². The summed E-state index contributed by atoms with van der Waals surface area (Å²) < 4.78 is 5.66. The van der Waals surface area contributed by atoms with Gasteiger partial charge >= 0.3 is 0 Å². The van der Waals surface area contributed by atoms with Crippen LogP contribution < -0.4 is 10.5 Å². The van der Waals surface area contributed by atoms with Gasteiger partial charge in [-0.3, -0.25) is 0 Å². The first kappa shape index (κ1) is 12.6. The first-order valence-corrected chi connectivity index (χ1v) is 6.17. The molecule has 0 unspecified atom stereocenters. The number of nitrogens with two attached hydrogens (primary N) is 1. The molecule has 0 fully saturated rings. The monoisotopic (exact) mass is 242 g/mol. The molecule has 0 saturated heterocycles. The summed E-state index contributed by atoms with van der Waals surface area (Å²) in [5.41, 5.74) is 7.88. The largest absolute Gasteiger partial charge is 0.439 e. The summed E-state index contributed by atoms with van der Waals surface area (Å²) in [6.07, 6.45) is 3.80. The predicted octanol–water partition coefficient (Wildman–Crippen LogP) is 3.07. The van der Waals surface area contributed by atoms with E-state index in [0.29, 0.717) is 12.4 Å². The molecular weight excluding hydrogens is 224 g/mol. The number of hydrogen-bond donors (Lipinski definition) is 1. The minimum atomic E-state index is 0.621. The van der Waals surface area contributed by atoms with Crippen LogP contribution in [0.5, 0.6) is 11.6 Å². The molecule has 0 atom stereocenters. The zero-order valence-corrected chi connectivity index (χ0v) is 10.6. The molecule has 1 heterocycles. The number of hydrogen-bond acceptors (Lipinski definition) is 3. The fourth-order valence-corrected chi connectivity index (χ4v) is 1.65. The first-order valence-electron chi connectivity index (χ1n) is 6.17. The molecule has 94 valence electrons. The van der Waals surface area contributed by atoms with Crippen molar-refractivity contribution in [2.45, 2.75) is 19.8 Å². The van der Waals surface area contributed by atoms with Gasteiger partial charge < -0.3 is 10.5 Å². The third-order valence-electron chi connectivity index (χ3n) is 2.71. The Kier molecular flexibility index (Phi) is 4.31. The molecule has 2 N–H and O–H groups in total. The van der Waals surface area contributed by atoms with Gasteiger partial charge in [0.1, 0.15) is 5.75 Å². The number of benzene rings is 1. The number of nitrogens with zero attached hydrogens (tertiary/aromatic N) is 1. The Hall–Kier alpha value is -1.87. The van der Waals surface area contributed by atoms with Crippen LogP contribution in [-0.2, 0) is 6.42 Å². The maximum absolute atomic E-state index is 5.66. The third-order valence-corrected chi connectivity index (χ3v) is 2.71. The maximum Gasteiger partial charge on any atom is 0.219 e. The van der Waals surface area contributed by atoms with Crippen LogP contribution in [0.25, 0.3) is 0 Å². The Balaban J connectivity index is 1.99. The quantitative estimate of drug-likeness (QED) is 0.876. The highest BCUT2D eigenvalue weighted by molar-refractivity contribution is 5.30. The van der Waals surface area contributed by atoms with Crippen LogP contribution in [0, 0.1) is 6.92 Å². The van der Waals surface area contributed by atoms with Gasteiger partial charge in [-0.25, -0.2) is 4.98 Å². The summed E-state index contributed by atoms with van der Waals surface area (Å²) in [5.74, 6) is 1.43. The van der Waals surface area contributed by atoms with Crippen molar-refractivity contribution in [1.82, 2.24) is 4.98 Å². The summed E-state index contributed by atoms with van der Waals surface area (Å²) in [6, 6.07) is 11.9. The zero-order chi connectivity index (χ0) is 12.8. The zero-order valence-electron chi connectivity index (χ0n) is 10.6.